The Balaban J connectivity index is 1.89. The SMILES string of the molecule is COc1cccnc1C(NN)C1Cc2ccccc2O1. The monoisotopic (exact) mass is 271 g/mol. The number of para-hydroxylation sites is 1. The van der Waals surface area contributed by atoms with Crippen LogP contribution in [-0.2, 0) is 6.42 Å². The first kappa shape index (κ1) is 12.9. The van der Waals surface area contributed by atoms with Crippen LogP contribution in [0.2, 0.25) is 0 Å². The van der Waals surface area contributed by atoms with E-state index in [2.05, 4.69) is 16.5 Å². The van der Waals surface area contributed by atoms with Crippen molar-refractivity contribution in [2.45, 2.75) is 18.6 Å². The van der Waals surface area contributed by atoms with E-state index < -0.39 is 0 Å². The third-order valence-corrected chi connectivity index (χ3v) is 3.54. The van der Waals surface area contributed by atoms with Gasteiger partial charge in [-0.3, -0.25) is 10.8 Å². The van der Waals surface area contributed by atoms with Crippen LogP contribution in [0.5, 0.6) is 11.5 Å². The molecule has 0 fully saturated rings. The molecule has 2 heterocycles. The Labute approximate surface area is 117 Å². The molecule has 3 rings (SSSR count). The van der Waals surface area contributed by atoms with E-state index in [9.17, 15) is 0 Å². The van der Waals surface area contributed by atoms with Gasteiger partial charge >= 0.3 is 0 Å². The number of rotatable bonds is 4. The average Bonchev–Trinajstić information content (AvgIpc) is 2.92. The van der Waals surface area contributed by atoms with Crippen molar-refractivity contribution >= 4 is 0 Å². The first-order chi connectivity index (χ1) is 9.83. The molecule has 0 spiro atoms. The van der Waals surface area contributed by atoms with Gasteiger partial charge in [0.05, 0.1) is 7.11 Å². The van der Waals surface area contributed by atoms with E-state index in [1.807, 2.05) is 30.3 Å². The molecular weight excluding hydrogens is 254 g/mol. The number of fused-ring (bicyclic) bond motifs is 1. The molecule has 0 saturated carbocycles. The van der Waals surface area contributed by atoms with Crippen LogP contribution in [0.3, 0.4) is 0 Å². The number of ether oxygens (including phenoxy) is 2. The summed E-state index contributed by atoms with van der Waals surface area (Å²) in [5, 5.41) is 0. The Hall–Kier alpha value is -2.11. The minimum atomic E-state index is -0.224. The van der Waals surface area contributed by atoms with Gasteiger partial charge in [0.1, 0.15) is 29.3 Å². The number of aromatic nitrogens is 1. The number of nitrogens with one attached hydrogen (secondary N) is 1. The Morgan fingerprint density at radius 1 is 1.35 bits per heavy atom. The number of hydrazine groups is 1. The number of pyridine rings is 1. The highest BCUT2D eigenvalue weighted by Gasteiger charge is 2.33. The van der Waals surface area contributed by atoms with Crippen molar-refractivity contribution in [1.82, 2.24) is 10.4 Å². The molecule has 5 nitrogen and oxygen atoms in total. The summed E-state index contributed by atoms with van der Waals surface area (Å²) in [5.41, 5.74) is 4.75. The van der Waals surface area contributed by atoms with E-state index in [0.29, 0.717) is 5.75 Å². The van der Waals surface area contributed by atoms with Crippen molar-refractivity contribution < 1.29 is 9.47 Å². The Bertz CT molecular complexity index is 578. The second-order valence-electron chi connectivity index (χ2n) is 4.70. The molecule has 3 N–H and O–H groups in total. The highest BCUT2D eigenvalue weighted by Crippen LogP contribution is 2.35. The number of hydrogen-bond donors (Lipinski definition) is 2. The van der Waals surface area contributed by atoms with Crippen molar-refractivity contribution in [3.63, 3.8) is 0 Å². The molecule has 2 unspecified atom stereocenters. The van der Waals surface area contributed by atoms with Gasteiger partial charge in [-0.1, -0.05) is 18.2 Å². The maximum Gasteiger partial charge on any atom is 0.142 e. The predicted molar refractivity (Wildman–Crippen MR) is 75.4 cm³/mol. The minimum Gasteiger partial charge on any atom is -0.495 e. The van der Waals surface area contributed by atoms with Crippen LogP contribution in [0, 0.1) is 0 Å². The van der Waals surface area contributed by atoms with Gasteiger partial charge in [-0.15, -0.1) is 0 Å². The first-order valence-electron chi connectivity index (χ1n) is 6.53. The van der Waals surface area contributed by atoms with E-state index in [0.717, 1.165) is 17.9 Å². The lowest BCUT2D eigenvalue weighted by molar-refractivity contribution is 0.174. The molecule has 20 heavy (non-hydrogen) atoms. The second kappa shape index (κ2) is 5.48. The van der Waals surface area contributed by atoms with E-state index >= 15 is 0 Å². The predicted octanol–water partition coefficient (Wildman–Crippen LogP) is 1.60. The van der Waals surface area contributed by atoms with Crippen molar-refractivity contribution in [3.05, 3.63) is 53.9 Å². The molecule has 0 amide bonds. The Morgan fingerprint density at radius 2 is 2.20 bits per heavy atom. The normalized spacial score (nSPS) is 18.2. The van der Waals surface area contributed by atoms with Crippen LogP contribution in [-0.4, -0.2) is 18.2 Å². The Morgan fingerprint density at radius 3 is 2.95 bits per heavy atom. The minimum absolute atomic E-state index is 0.0961. The molecule has 1 aromatic heterocycles. The highest BCUT2D eigenvalue weighted by atomic mass is 16.5. The van der Waals surface area contributed by atoms with E-state index in [-0.39, 0.29) is 12.1 Å². The molecular formula is C15H17N3O2. The molecule has 104 valence electrons. The van der Waals surface area contributed by atoms with Crippen molar-refractivity contribution in [2.75, 3.05) is 7.11 Å². The summed E-state index contributed by atoms with van der Waals surface area (Å²) in [6, 6.07) is 11.5. The fourth-order valence-electron chi connectivity index (χ4n) is 2.57. The molecule has 2 atom stereocenters. The summed E-state index contributed by atoms with van der Waals surface area (Å²) in [4.78, 5) is 4.38. The van der Waals surface area contributed by atoms with Crippen LogP contribution >= 0.6 is 0 Å². The van der Waals surface area contributed by atoms with Crippen molar-refractivity contribution in [1.29, 1.82) is 0 Å². The van der Waals surface area contributed by atoms with Gasteiger partial charge < -0.3 is 9.47 Å². The number of hydrogen-bond acceptors (Lipinski definition) is 5. The van der Waals surface area contributed by atoms with Crippen molar-refractivity contribution in [3.8, 4) is 11.5 Å². The molecule has 2 aromatic rings. The van der Waals surface area contributed by atoms with E-state index in [1.54, 1.807) is 13.3 Å². The summed E-state index contributed by atoms with van der Waals surface area (Å²) in [7, 11) is 1.62. The lowest BCUT2D eigenvalue weighted by Gasteiger charge is -2.23. The zero-order valence-corrected chi connectivity index (χ0v) is 11.2. The van der Waals surface area contributed by atoms with Gasteiger partial charge in [0.15, 0.2) is 0 Å². The van der Waals surface area contributed by atoms with Gasteiger partial charge in [-0.25, -0.2) is 5.43 Å². The van der Waals surface area contributed by atoms with Crippen molar-refractivity contribution in [2.24, 2.45) is 5.84 Å². The van der Waals surface area contributed by atoms with Crippen LogP contribution in [0.25, 0.3) is 0 Å². The summed E-state index contributed by atoms with van der Waals surface area (Å²) in [6.07, 6.45) is 2.43. The third kappa shape index (κ3) is 2.21. The number of nitrogens with zero attached hydrogens (tertiary/aromatic N) is 1. The molecule has 0 saturated heterocycles. The zero-order valence-electron chi connectivity index (χ0n) is 11.2. The molecule has 0 radical (unpaired) electrons. The summed E-state index contributed by atoms with van der Waals surface area (Å²) >= 11 is 0. The fourth-order valence-corrected chi connectivity index (χ4v) is 2.57. The summed E-state index contributed by atoms with van der Waals surface area (Å²) in [5.74, 6) is 7.33. The number of methoxy groups -OCH3 is 1. The quantitative estimate of drug-likeness (QED) is 0.653. The number of benzene rings is 1. The molecule has 0 aliphatic carbocycles. The maximum atomic E-state index is 5.98. The molecule has 1 aromatic carbocycles. The van der Waals surface area contributed by atoms with Gasteiger partial charge in [0, 0.05) is 12.6 Å². The van der Waals surface area contributed by atoms with Crippen LogP contribution in [0.4, 0.5) is 0 Å². The summed E-state index contributed by atoms with van der Waals surface area (Å²) in [6.45, 7) is 0. The highest BCUT2D eigenvalue weighted by molar-refractivity contribution is 5.39. The Kier molecular flexibility index (Phi) is 3.54. The maximum absolute atomic E-state index is 5.98. The summed E-state index contributed by atoms with van der Waals surface area (Å²) < 4.78 is 11.3. The van der Waals surface area contributed by atoms with Gasteiger partial charge in [0.2, 0.25) is 0 Å². The molecule has 1 aliphatic rings. The average molecular weight is 271 g/mol. The standard InChI is InChI=1S/C15H17N3O2/c1-19-12-7-4-8-17-14(12)15(18-16)13-9-10-5-2-3-6-11(10)20-13/h2-8,13,15,18H,9,16H2,1H3. The van der Waals surface area contributed by atoms with Gasteiger partial charge in [-0.2, -0.15) is 0 Å². The lowest BCUT2D eigenvalue weighted by atomic mass is 10.0. The van der Waals surface area contributed by atoms with E-state index in [1.165, 1.54) is 5.56 Å². The molecule has 0 bridgehead atoms. The zero-order chi connectivity index (χ0) is 13.9. The third-order valence-electron chi connectivity index (χ3n) is 3.54. The first-order valence-corrected chi connectivity index (χ1v) is 6.53. The lowest BCUT2D eigenvalue weighted by Crippen LogP contribution is -2.39. The topological polar surface area (TPSA) is 69.4 Å². The molecule has 5 heteroatoms. The van der Waals surface area contributed by atoms with Gasteiger partial charge in [0.25, 0.3) is 0 Å². The number of nitrogens with two attached hydrogens (primary N) is 1. The molecule has 1 aliphatic heterocycles. The fraction of sp³-hybridized carbons (Fsp3) is 0.267. The van der Waals surface area contributed by atoms with Crippen LogP contribution in [0.15, 0.2) is 42.6 Å². The van der Waals surface area contributed by atoms with Crippen LogP contribution < -0.4 is 20.7 Å². The van der Waals surface area contributed by atoms with Crippen LogP contribution in [0.1, 0.15) is 17.3 Å². The van der Waals surface area contributed by atoms with Gasteiger partial charge in [-0.05, 0) is 23.8 Å². The largest absolute Gasteiger partial charge is 0.495 e. The smallest absolute Gasteiger partial charge is 0.142 e. The second-order valence-corrected chi connectivity index (χ2v) is 4.70. The van der Waals surface area contributed by atoms with E-state index in [4.69, 9.17) is 15.3 Å².